The van der Waals surface area contributed by atoms with E-state index in [2.05, 4.69) is 10.5 Å². The average molecular weight is 309 g/mol. The van der Waals surface area contributed by atoms with Crippen LogP contribution < -0.4 is 10.2 Å². The van der Waals surface area contributed by atoms with E-state index >= 15 is 0 Å². The van der Waals surface area contributed by atoms with Gasteiger partial charge >= 0.3 is 0 Å². The van der Waals surface area contributed by atoms with Gasteiger partial charge in [-0.3, -0.25) is 4.79 Å². The molecule has 1 N–H and O–H groups in total. The number of carbonyl (C=O) groups excluding carboxylic acids is 1. The summed E-state index contributed by atoms with van der Waals surface area (Å²) in [4.78, 5) is 12.5. The number of hydrogen-bond acceptors (Lipinski definition) is 4. The third-order valence-electron chi connectivity index (χ3n) is 2.42. The summed E-state index contributed by atoms with van der Waals surface area (Å²) in [5.74, 6) is 0.318. The van der Waals surface area contributed by atoms with E-state index in [4.69, 9.17) is 16.3 Å². The van der Waals surface area contributed by atoms with Crippen molar-refractivity contribution in [2.45, 2.75) is 6.92 Å². The number of nitrogens with one attached hydrogen (secondary N) is 1. The number of hydrazone groups is 1. The van der Waals surface area contributed by atoms with Crippen LogP contribution in [0.4, 0.5) is 0 Å². The number of ether oxygens (including phenoxy) is 1. The molecule has 6 heteroatoms. The van der Waals surface area contributed by atoms with Crippen LogP contribution >= 0.6 is 22.9 Å². The summed E-state index contributed by atoms with van der Waals surface area (Å²) in [6.45, 7) is 1.78. The summed E-state index contributed by atoms with van der Waals surface area (Å²) in [6, 6.07) is 9.06. The third kappa shape index (κ3) is 4.36. The lowest BCUT2D eigenvalue weighted by molar-refractivity contribution is -0.123. The molecule has 1 amide bonds. The Morgan fingerprint density at radius 1 is 1.50 bits per heavy atom. The van der Waals surface area contributed by atoms with Gasteiger partial charge in [0.25, 0.3) is 5.91 Å². The summed E-state index contributed by atoms with van der Waals surface area (Å²) in [6.07, 6.45) is 1.59. The van der Waals surface area contributed by atoms with Gasteiger partial charge in [0.2, 0.25) is 0 Å². The van der Waals surface area contributed by atoms with Crippen LogP contribution in [0.15, 0.2) is 40.8 Å². The van der Waals surface area contributed by atoms with Gasteiger partial charge in [-0.2, -0.15) is 5.10 Å². The standard InChI is InChI=1S/C14H13ClN2O2S/c1-10-7-11(15)4-5-13(10)19-9-14(18)17-16-8-12-3-2-6-20-12/h2-8H,9H2,1H3,(H,17,18). The minimum Gasteiger partial charge on any atom is -0.483 e. The van der Waals surface area contributed by atoms with Crippen LogP contribution in [0, 0.1) is 6.92 Å². The molecular formula is C14H13ClN2O2S. The molecule has 0 spiro atoms. The van der Waals surface area contributed by atoms with E-state index in [0.717, 1.165) is 10.4 Å². The minimum atomic E-state index is -0.313. The number of halogens is 1. The zero-order valence-corrected chi connectivity index (χ0v) is 12.4. The van der Waals surface area contributed by atoms with Crippen LogP contribution in [0.25, 0.3) is 0 Å². The van der Waals surface area contributed by atoms with Gasteiger partial charge in [0.1, 0.15) is 5.75 Å². The molecular weight excluding hydrogens is 296 g/mol. The molecule has 1 aromatic heterocycles. The maximum absolute atomic E-state index is 11.6. The van der Waals surface area contributed by atoms with Crippen LogP contribution in [0.1, 0.15) is 10.4 Å². The Morgan fingerprint density at radius 2 is 2.35 bits per heavy atom. The normalized spacial score (nSPS) is 10.7. The molecule has 4 nitrogen and oxygen atoms in total. The smallest absolute Gasteiger partial charge is 0.277 e. The number of nitrogens with zero attached hydrogens (tertiary/aromatic N) is 1. The summed E-state index contributed by atoms with van der Waals surface area (Å²) >= 11 is 7.39. The van der Waals surface area contributed by atoms with Crippen LogP contribution in [0.3, 0.4) is 0 Å². The maximum atomic E-state index is 11.6. The van der Waals surface area contributed by atoms with E-state index < -0.39 is 0 Å². The monoisotopic (exact) mass is 308 g/mol. The predicted octanol–water partition coefficient (Wildman–Crippen LogP) is 3.24. The number of hydrogen-bond donors (Lipinski definition) is 1. The predicted molar refractivity (Wildman–Crippen MR) is 81.7 cm³/mol. The molecule has 0 saturated carbocycles. The van der Waals surface area contributed by atoms with Gasteiger partial charge in [0.05, 0.1) is 6.21 Å². The van der Waals surface area contributed by atoms with Crippen molar-refractivity contribution in [3.8, 4) is 5.75 Å². The lowest BCUT2D eigenvalue weighted by atomic mass is 10.2. The highest BCUT2D eigenvalue weighted by Gasteiger charge is 2.04. The van der Waals surface area contributed by atoms with Gasteiger partial charge in [-0.1, -0.05) is 17.7 Å². The first-order valence-electron chi connectivity index (χ1n) is 5.89. The van der Waals surface area contributed by atoms with Crippen LogP contribution in [-0.4, -0.2) is 18.7 Å². The zero-order chi connectivity index (χ0) is 14.4. The summed E-state index contributed by atoms with van der Waals surface area (Å²) in [7, 11) is 0. The Bertz CT molecular complexity index is 612. The largest absolute Gasteiger partial charge is 0.483 e. The second-order valence-corrected chi connectivity index (χ2v) is 5.42. The lowest BCUT2D eigenvalue weighted by Crippen LogP contribution is -2.24. The molecule has 1 aromatic carbocycles. The second kappa shape index (κ2) is 7.07. The molecule has 2 rings (SSSR count). The van der Waals surface area contributed by atoms with Crippen molar-refractivity contribution in [3.05, 3.63) is 51.2 Å². The van der Waals surface area contributed by atoms with E-state index in [0.29, 0.717) is 10.8 Å². The van der Waals surface area contributed by atoms with Crippen molar-refractivity contribution < 1.29 is 9.53 Å². The second-order valence-electron chi connectivity index (χ2n) is 4.01. The van der Waals surface area contributed by atoms with Crippen LogP contribution in [0.2, 0.25) is 5.02 Å². The highest BCUT2D eigenvalue weighted by atomic mass is 35.5. The Hall–Kier alpha value is -1.85. The Kier molecular flexibility index (Phi) is 5.15. The first-order valence-corrected chi connectivity index (χ1v) is 7.15. The molecule has 0 aliphatic rings. The molecule has 0 saturated heterocycles. The van der Waals surface area contributed by atoms with Crippen molar-refractivity contribution in [2.24, 2.45) is 5.10 Å². The van der Waals surface area contributed by atoms with Crippen molar-refractivity contribution in [1.82, 2.24) is 5.43 Å². The number of benzene rings is 1. The molecule has 0 aliphatic carbocycles. The van der Waals surface area contributed by atoms with Crippen molar-refractivity contribution in [3.63, 3.8) is 0 Å². The third-order valence-corrected chi connectivity index (χ3v) is 3.46. The fourth-order valence-corrected chi connectivity index (χ4v) is 2.29. The summed E-state index contributed by atoms with van der Waals surface area (Å²) < 4.78 is 5.40. The molecule has 0 aliphatic heterocycles. The quantitative estimate of drug-likeness (QED) is 0.681. The molecule has 104 valence electrons. The maximum Gasteiger partial charge on any atom is 0.277 e. The highest BCUT2D eigenvalue weighted by Crippen LogP contribution is 2.21. The van der Waals surface area contributed by atoms with Crippen molar-refractivity contribution >= 4 is 35.1 Å². The Balaban J connectivity index is 1.80. The average Bonchev–Trinajstić information content (AvgIpc) is 2.91. The molecule has 1 heterocycles. The summed E-state index contributed by atoms with van der Waals surface area (Å²) in [5, 5.41) is 6.43. The highest BCUT2D eigenvalue weighted by molar-refractivity contribution is 7.11. The topological polar surface area (TPSA) is 50.7 Å². The zero-order valence-electron chi connectivity index (χ0n) is 10.8. The number of aryl methyl sites for hydroxylation is 1. The first kappa shape index (κ1) is 14.6. The fourth-order valence-electron chi connectivity index (χ4n) is 1.48. The number of carbonyl (C=O) groups is 1. The van der Waals surface area contributed by atoms with Gasteiger partial charge in [-0.15, -0.1) is 11.3 Å². The minimum absolute atomic E-state index is 0.0930. The van der Waals surface area contributed by atoms with Gasteiger partial charge in [-0.25, -0.2) is 5.43 Å². The molecule has 0 radical (unpaired) electrons. The van der Waals surface area contributed by atoms with E-state index in [1.165, 1.54) is 0 Å². The van der Waals surface area contributed by atoms with E-state index in [1.54, 1.807) is 35.8 Å². The van der Waals surface area contributed by atoms with Crippen LogP contribution in [0.5, 0.6) is 5.75 Å². The molecule has 0 unspecified atom stereocenters. The van der Waals surface area contributed by atoms with Gasteiger partial charge in [-0.05, 0) is 42.1 Å². The first-order chi connectivity index (χ1) is 9.65. The SMILES string of the molecule is Cc1cc(Cl)ccc1OCC(=O)NN=Cc1cccs1. The van der Waals surface area contributed by atoms with Crippen LogP contribution in [-0.2, 0) is 4.79 Å². The van der Waals surface area contributed by atoms with Gasteiger partial charge in [0.15, 0.2) is 6.61 Å². The van der Waals surface area contributed by atoms with E-state index in [1.807, 2.05) is 24.4 Å². The van der Waals surface area contributed by atoms with Crippen molar-refractivity contribution in [1.29, 1.82) is 0 Å². The Labute approximate surface area is 126 Å². The fraction of sp³-hybridized carbons (Fsp3) is 0.143. The van der Waals surface area contributed by atoms with Gasteiger partial charge in [0, 0.05) is 9.90 Å². The molecule has 0 atom stereocenters. The Morgan fingerprint density at radius 3 is 3.05 bits per heavy atom. The lowest BCUT2D eigenvalue weighted by Gasteiger charge is -2.08. The molecule has 20 heavy (non-hydrogen) atoms. The van der Waals surface area contributed by atoms with Gasteiger partial charge < -0.3 is 4.74 Å². The summed E-state index contributed by atoms with van der Waals surface area (Å²) in [5.41, 5.74) is 3.29. The number of thiophene rings is 1. The molecule has 0 fully saturated rings. The number of amides is 1. The molecule has 0 bridgehead atoms. The van der Waals surface area contributed by atoms with E-state index in [-0.39, 0.29) is 12.5 Å². The number of rotatable bonds is 5. The molecule has 2 aromatic rings. The van der Waals surface area contributed by atoms with E-state index in [9.17, 15) is 4.79 Å². The van der Waals surface area contributed by atoms with Crippen molar-refractivity contribution in [2.75, 3.05) is 6.61 Å².